The molecule has 0 aliphatic rings. The highest BCUT2D eigenvalue weighted by atomic mass is 32.1. The molecule has 0 saturated heterocycles. The number of aliphatic hydroxyl groups is 1. The van der Waals surface area contributed by atoms with Crippen molar-refractivity contribution in [3.8, 4) is 11.8 Å². The minimum atomic E-state index is 0.0348. The first-order valence-corrected chi connectivity index (χ1v) is 7.97. The molecule has 0 unspecified atom stereocenters. The molecule has 0 bridgehead atoms. The van der Waals surface area contributed by atoms with Crippen molar-refractivity contribution in [3.63, 3.8) is 0 Å². The SMILES string of the molecule is CN(Cc1cc(C#CCCO)cs1)C(=O)c1ccsc1. The fourth-order valence-electron chi connectivity index (χ4n) is 1.66. The average molecular weight is 305 g/mol. The van der Waals surface area contributed by atoms with E-state index in [4.69, 9.17) is 5.11 Å². The number of aliphatic hydroxyl groups excluding tert-OH is 1. The topological polar surface area (TPSA) is 40.5 Å². The Morgan fingerprint density at radius 1 is 1.45 bits per heavy atom. The number of rotatable bonds is 4. The van der Waals surface area contributed by atoms with Crippen LogP contribution in [0, 0.1) is 11.8 Å². The van der Waals surface area contributed by atoms with Crippen LogP contribution in [-0.4, -0.2) is 29.6 Å². The van der Waals surface area contributed by atoms with Crippen LogP contribution < -0.4 is 0 Å². The predicted octanol–water partition coefficient (Wildman–Crippen LogP) is 2.82. The number of carbonyl (C=O) groups excluding carboxylic acids is 1. The normalized spacial score (nSPS) is 9.90. The number of nitrogens with zero attached hydrogens (tertiary/aromatic N) is 1. The minimum Gasteiger partial charge on any atom is -0.395 e. The van der Waals surface area contributed by atoms with Gasteiger partial charge in [0.1, 0.15) is 0 Å². The summed E-state index contributed by atoms with van der Waals surface area (Å²) in [6.45, 7) is 0.670. The van der Waals surface area contributed by atoms with E-state index in [1.165, 1.54) is 11.3 Å². The summed E-state index contributed by atoms with van der Waals surface area (Å²) in [6.07, 6.45) is 0.488. The number of carbonyl (C=O) groups is 1. The molecule has 2 aromatic heterocycles. The van der Waals surface area contributed by atoms with Gasteiger partial charge < -0.3 is 10.0 Å². The average Bonchev–Trinajstić information content (AvgIpc) is 3.09. The molecule has 5 heteroatoms. The van der Waals surface area contributed by atoms with Gasteiger partial charge in [0.15, 0.2) is 0 Å². The summed E-state index contributed by atoms with van der Waals surface area (Å²) >= 11 is 3.12. The molecule has 0 spiro atoms. The van der Waals surface area contributed by atoms with E-state index < -0.39 is 0 Å². The summed E-state index contributed by atoms with van der Waals surface area (Å²) in [6, 6.07) is 3.83. The lowest BCUT2D eigenvalue weighted by Crippen LogP contribution is -2.25. The van der Waals surface area contributed by atoms with E-state index in [-0.39, 0.29) is 12.5 Å². The van der Waals surface area contributed by atoms with Crippen LogP contribution >= 0.6 is 22.7 Å². The van der Waals surface area contributed by atoms with Crippen molar-refractivity contribution < 1.29 is 9.90 Å². The van der Waals surface area contributed by atoms with Gasteiger partial charge in [0.05, 0.1) is 18.7 Å². The minimum absolute atomic E-state index is 0.0348. The van der Waals surface area contributed by atoms with Crippen LogP contribution in [0.15, 0.2) is 28.3 Å². The number of hydrogen-bond donors (Lipinski definition) is 1. The Balaban J connectivity index is 1.97. The van der Waals surface area contributed by atoms with Gasteiger partial charge in [-0.05, 0) is 17.5 Å². The third-order valence-electron chi connectivity index (χ3n) is 2.63. The molecule has 104 valence electrons. The van der Waals surface area contributed by atoms with Gasteiger partial charge >= 0.3 is 0 Å². The molecule has 2 rings (SSSR count). The lowest BCUT2D eigenvalue weighted by atomic mass is 10.2. The second-order valence-corrected chi connectivity index (χ2v) is 6.03. The van der Waals surface area contributed by atoms with E-state index >= 15 is 0 Å². The van der Waals surface area contributed by atoms with Gasteiger partial charge in [0.25, 0.3) is 5.91 Å². The number of thiophene rings is 2. The summed E-state index contributed by atoms with van der Waals surface area (Å²) in [4.78, 5) is 14.9. The molecule has 2 heterocycles. The third kappa shape index (κ3) is 3.94. The maximum absolute atomic E-state index is 12.1. The van der Waals surface area contributed by atoms with Crippen molar-refractivity contribution in [1.82, 2.24) is 4.90 Å². The van der Waals surface area contributed by atoms with Gasteiger partial charge in [-0.15, -0.1) is 11.3 Å². The summed E-state index contributed by atoms with van der Waals surface area (Å²) in [5.74, 6) is 5.92. The van der Waals surface area contributed by atoms with Crippen molar-refractivity contribution in [2.24, 2.45) is 0 Å². The van der Waals surface area contributed by atoms with E-state index in [0.29, 0.717) is 13.0 Å². The Morgan fingerprint density at radius 2 is 2.30 bits per heavy atom. The first kappa shape index (κ1) is 14.8. The summed E-state index contributed by atoms with van der Waals surface area (Å²) in [7, 11) is 1.80. The molecule has 0 atom stereocenters. The van der Waals surface area contributed by atoms with Crippen molar-refractivity contribution in [2.45, 2.75) is 13.0 Å². The molecular weight excluding hydrogens is 290 g/mol. The standard InChI is InChI=1S/C15H15NO2S2/c1-16(15(18)13-5-7-19-11-13)9-14-8-12(10-20-14)4-2-3-6-17/h5,7-8,10-11,17H,3,6,9H2,1H3. The second kappa shape index (κ2) is 7.25. The van der Waals surface area contributed by atoms with Crippen molar-refractivity contribution in [3.05, 3.63) is 44.3 Å². The van der Waals surface area contributed by atoms with Gasteiger partial charge in [-0.2, -0.15) is 11.3 Å². The van der Waals surface area contributed by atoms with Gasteiger partial charge in [-0.25, -0.2) is 0 Å². The molecule has 0 fully saturated rings. The van der Waals surface area contributed by atoms with Crippen LogP contribution in [0.2, 0.25) is 0 Å². The van der Waals surface area contributed by atoms with Crippen LogP contribution in [-0.2, 0) is 6.54 Å². The zero-order chi connectivity index (χ0) is 14.4. The second-order valence-electron chi connectivity index (χ2n) is 4.25. The van der Waals surface area contributed by atoms with E-state index in [9.17, 15) is 4.79 Å². The van der Waals surface area contributed by atoms with Gasteiger partial charge in [0, 0.05) is 34.7 Å². The first-order chi connectivity index (χ1) is 9.70. The smallest absolute Gasteiger partial charge is 0.254 e. The molecule has 0 aliphatic carbocycles. The number of hydrogen-bond acceptors (Lipinski definition) is 4. The molecule has 1 N–H and O–H groups in total. The van der Waals surface area contributed by atoms with Crippen molar-refractivity contribution >= 4 is 28.6 Å². The van der Waals surface area contributed by atoms with E-state index in [0.717, 1.165) is 16.0 Å². The molecule has 20 heavy (non-hydrogen) atoms. The zero-order valence-electron chi connectivity index (χ0n) is 11.1. The van der Waals surface area contributed by atoms with E-state index in [2.05, 4.69) is 11.8 Å². The fourth-order valence-corrected chi connectivity index (χ4v) is 3.16. The molecule has 0 radical (unpaired) electrons. The predicted molar refractivity (Wildman–Crippen MR) is 83.0 cm³/mol. The molecule has 3 nitrogen and oxygen atoms in total. The van der Waals surface area contributed by atoms with Crippen molar-refractivity contribution in [2.75, 3.05) is 13.7 Å². The van der Waals surface area contributed by atoms with Gasteiger partial charge in [-0.1, -0.05) is 11.8 Å². The number of amides is 1. The molecular formula is C15H15NO2S2. The highest BCUT2D eigenvalue weighted by Gasteiger charge is 2.12. The van der Waals surface area contributed by atoms with E-state index in [1.807, 2.05) is 28.3 Å². The van der Waals surface area contributed by atoms with E-state index in [1.54, 1.807) is 23.3 Å². The Labute approximate surface area is 126 Å². The van der Waals surface area contributed by atoms with Crippen LogP contribution in [0.3, 0.4) is 0 Å². The van der Waals surface area contributed by atoms with Crippen LogP contribution in [0.1, 0.15) is 27.2 Å². The molecule has 0 aromatic carbocycles. The monoisotopic (exact) mass is 305 g/mol. The maximum Gasteiger partial charge on any atom is 0.254 e. The first-order valence-electron chi connectivity index (χ1n) is 6.15. The molecule has 0 aliphatic heterocycles. The van der Waals surface area contributed by atoms with Crippen LogP contribution in [0.4, 0.5) is 0 Å². The largest absolute Gasteiger partial charge is 0.395 e. The van der Waals surface area contributed by atoms with Crippen molar-refractivity contribution in [1.29, 1.82) is 0 Å². The molecule has 0 saturated carbocycles. The molecule has 2 aromatic rings. The summed E-state index contributed by atoms with van der Waals surface area (Å²) < 4.78 is 0. The lowest BCUT2D eigenvalue weighted by molar-refractivity contribution is 0.0787. The zero-order valence-corrected chi connectivity index (χ0v) is 12.8. The van der Waals surface area contributed by atoms with Gasteiger partial charge in [0.2, 0.25) is 0 Å². The Kier molecular flexibility index (Phi) is 5.36. The molecule has 1 amide bonds. The van der Waals surface area contributed by atoms with Crippen LogP contribution in [0.5, 0.6) is 0 Å². The quantitative estimate of drug-likeness (QED) is 0.883. The Morgan fingerprint density at radius 3 is 3.00 bits per heavy atom. The fraction of sp³-hybridized carbons (Fsp3) is 0.267. The third-order valence-corrected chi connectivity index (χ3v) is 4.24. The van der Waals surface area contributed by atoms with Crippen LogP contribution in [0.25, 0.3) is 0 Å². The Hall–Kier alpha value is -1.61. The highest BCUT2D eigenvalue weighted by Crippen LogP contribution is 2.17. The maximum atomic E-state index is 12.1. The highest BCUT2D eigenvalue weighted by molar-refractivity contribution is 7.10. The lowest BCUT2D eigenvalue weighted by Gasteiger charge is -2.15. The summed E-state index contributed by atoms with van der Waals surface area (Å²) in [5, 5.41) is 14.4. The van der Waals surface area contributed by atoms with Gasteiger partial charge in [-0.3, -0.25) is 4.79 Å². The Bertz CT molecular complexity index is 620. The summed E-state index contributed by atoms with van der Waals surface area (Å²) in [5.41, 5.74) is 1.67.